The number of aromatic nitrogens is 1. The Morgan fingerprint density at radius 3 is 2.68 bits per heavy atom. The van der Waals surface area contributed by atoms with Crippen LogP contribution in [-0.2, 0) is 0 Å². The molecule has 25 heavy (non-hydrogen) atoms. The van der Waals surface area contributed by atoms with Crippen molar-refractivity contribution in [2.24, 2.45) is 5.10 Å². The first kappa shape index (κ1) is 17.7. The van der Waals surface area contributed by atoms with Gasteiger partial charge in [0.05, 0.1) is 28.6 Å². The summed E-state index contributed by atoms with van der Waals surface area (Å²) >= 11 is 6.76. The van der Waals surface area contributed by atoms with Gasteiger partial charge in [-0.3, -0.25) is 4.79 Å². The van der Waals surface area contributed by atoms with E-state index in [4.69, 9.17) is 4.74 Å². The Balaban J connectivity index is 1.84. The number of carbonyl (C=O) groups excluding carboxylic acids is 1. The van der Waals surface area contributed by atoms with E-state index in [2.05, 4.69) is 47.4 Å². The Bertz CT molecular complexity index is 947. The number of methoxy groups -OCH3 is 1. The van der Waals surface area contributed by atoms with Crippen molar-refractivity contribution in [2.45, 2.75) is 6.92 Å². The second-order valence-electron chi connectivity index (χ2n) is 5.38. The van der Waals surface area contributed by atoms with Gasteiger partial charge in [0.25, 0.3) is 5.91 Å². The summed E-state index contributed by atoms with van der Waals surface area (Å²) in [4.78, 5) is 15.8. The van der Waals surface area contributed by atoms with Gasteiger partial charge in [-0.2, -0.15) is 5.10 Å². The smallest absolute Gasteiger partial charge is 0.275 e. The van der Waals surface area contributed by atoms with Crippen molar-refractivity contribution in [3.05, 3.63) is 62.7 Å². The first-order valence-electron chi connectivity index (χ1n) is 7.45. The van der Waals surface area contributed by atoms with Crippen LogP contribution in [0, 0.1) is 0 Å². The predicted molar refractivity (Wildman–Crippen MR) is 106 cm³/mol. The molecule has 5 nitrogen and oxygen atoms in total. The minimum Gasteiger partial charge on any atom is -0.495 e. The molecule has 1 aromatic heterocycles. The molecule has 0 aliphatic heterocycles. The van der Waals surface area contributed by atoms with Gasteiger partial charge < -0.3 is 9.72 Å². The van der Waals surface area contributed by atoms with E-state index in [1.165, 1.54) is 7.11 Å². The minimum absolute atomic E-state index is 0.352. The average Bonchev–Trinajstić information content (AvgIpc) is 3.03. The lowest BCUT2D eigenvalue weighted by Crippen LogP contribution is -2.20. The highest BCUT2D eigenvalue weighted by Gasteiger charge is 2.16. The number of halogens is 2. The molecule has 0 saturated heterocycles. The fourth-order valence-electron chi connectivity index (χ4n) is 2.46. The number of amides is 1. The van der Waals surface area contributed by atoms with Gasteiger partial charge in [-0.25, -0.2) is 5.43 Å². The van der Waals surface area contributed by atoms with E-state index < -0.39 is 0 Å². The van der Waals surface area contributed by atoms with Crippen LogP contribution in [0.25, 0.3) is 10.9 Å². The first-order valence-corrected chi connectivity index (χ1v) is 9.04. The Morgan fingerprint density at radius 1 is 1.20 bits per heavy atom. The molecule has 0 bridgehead atoms. The van der Waals surface area contributed by atoms with E-state index in [0.29, 0.717) is 21.5 Å². The second kappa shape index (κ2) is 7.41. The lowest BCUT2D eigenvalue weighted by atomic mass is 10.2. The molecule has 2 aromatic carbocycles. The molecular formula is C18H15Br2N3O2. The molecule has 0 radical (unpaired) electrons. The molecule has 3 aromatic rings. The van der Waals surface area contributed by atoms with E-state index in [1.807, 2.05) is 43.3 Å². The fraction of sp³-hybridized carbons (Fsp3) is 0.111. The van der Waals surface area contributed by atoms with Gasteiger partial charge in [0.2, 0.25) is 0 Å². The summed E-state index contributed by atoms with van der Waals surface area (Å²) in [6, 6.07) is 13.5. The van der Waals surface area contributed by atoms with Crippen molar-refractivity contribution in [3.63, 3.8) is 0 Å². The third kappa shape index (κ3) is 3.77. The topological polar surface area (TPSA) is 66.5 Å². The molecule has 0 aliphatic rings. The van der Waals surface area contributed by atoms with E-state index in [1.54, 1.807) is 6.07 Å². The van der Waals surface area contributed by atoms with Crippen molar-refractivity contribution in [1.82, 2.24) is 10.4 Å². The van der Waals surface area contributed by atoms with Gasteiger partial charge in [0.1, 0.15) is 5.75 Å². The van der Waals surface area contributed by atoms with Crippen LogP contribution in [0.15, 0.2) is 56.5 Å². The summed E-state index contributed by atoms with van der Waals surface area (Å²) in [6.45, 7) is 1.83. The van der Waals surface area contributed by atoms with Gasteiger partial charge in [-0.05, 0) is 47.1 Å². The van der Waals surface area contributed by atoms with Crippen molar-refractivity contribution < 1.29 is 9.53 Å². The Kier molecular flexibility index (Phi) is 5.24. The SMILES string of the molecule is COc1c(Br)cc(Br)cc1C(=O)N/N=C(\C)c1cc2ccccc2[nH]1. The summed E-state index contributed by atoms with van der Waals surface area (Å²) in [5.74, 6) is 0.105. The Morgan fingerprint density at radius 2 is 1.96 bits per heavy atom. The van der Waals surface area contributed by atoms with Crippen LogP contribution in [0.1, 0.15) is 23.0 Å². The standard InChI is InChI=1S/C18H15Br2N3O2/c1-10(16-7-11-5-3-4-6-15(11)21-16)22-23-18(24)13-8-12(19)9-14(20)17(13)25-2/h3-9,21H,1-2H3,(H,23,24)/b22-10+. The van der Waals surface area contributed by atoms with Crippen LogP contribution in [0.5, 0.6) is 5.75 Å². The van der Waals surface area contributed by atoms with Crippen molar-refractivity contribution >= 4 is 54.4 Å². The molecule has 0 spiro atoms. The summed E-state index contributed by atoms with van der Waals surface area (Å²) < 4.78 is 6.75. The van der Waals surface area contributed by atoms with Gasteiger partial charge in [0.15, 0.2) is 0 Å². The number of fused-ring (bicyclic) bond motifs is 1. The second-order valence-corrected chi connectivity index (χ2v) is 7.15. The third-order valence-electron chi connectivity index (χ3n) is 3.70. The van der Waals surface area contributed by atoms with Gasteiger partial charge in [-0.15, -0.1) is 0 Å². The van der Waals surface area contributed by atoms with E-state index >= 15 is 0 Å². The number of hydrogen-bond acceptors (Lipinski definition) is 3. The minimum atomic E-state index is -0.352. The van der Waals surface area contributed by atoms with Crippen LogP contribution in [0.3, 0.4) is 0 Å². The predicted octanol–water partition coefficient (Wildman–Crippen LogP) is 4.86. The van der Waals surface area contributed by atoms with Crippen LogP contribution >= 0.6 is 31.9 Å². The normalized spacial score (nSPS) is 11.6. The van der Waals surface area contributed by atoms with Crippen LogP contribution in [0.2, 0.25) is 0 Å². The van der Waals surface area contributed by atoms with E-state index in [0.717, 1.165) is 21.1 Å². The lowest BCUT2D eigenvalue weighted by molar-refractivity contribution is 0.0951. The number of carbonyl (C=O) groups is 1. The Labute approximate surface area is 161 Å². The lowest BCUT2D eigenvalue weighted by Gasteiger charge is -2.10. The number of ether oxygens (including phenoxy) is 1. The molecule has 3 rings (SSSR count). The largest absolute Gasteiger partial charge is 0.495 e. The molecule has 0 saturated carbocycles. The highest BCUT2D eigenvalue weighted by Crippen LogP contribution is 2.32. The maximum absolute atomic E-state index is 12.5. The summed E-state index contributed by atoms with van der Waals surface area (Å²) in [7, 11) is 1.52. The molecule has 128 valence electrons. The molecule has 0 atom stereocenters. The first-order chi connectivity index (χ1) is 12.0. The van der Waals surface area contributed by atoms with Crippen LogP contribution in [0.4, 0.5) is 0 Å². The number of H-pyrrole nitrogens is 1. The monoisotopic (exact) mass is 463 g/mol. The average molecular weight is 465 g/mol. The van der Waals surface area contributed by atoms with Crippen LogP contribution in [-0.4, -0.2) is 23.7 Å². The number of rotatable bonds is 4. The Hall–Kier alpha value is -2.12. The molecule has 7 heteroatoms. The summed E-state index contributed by atoms with van der Waals surface area (Å²) in [5.41, 5.74) is 5.52. The zero-order chi connectivity index (χ0) is 18.0. The molecule has 1 heterocycles. The van der Waals surface area contributed by atoms with E-state index in [-0.39, 0.29) is 5.91 Å². The fourth-order valence-corrected chi connectivity index (χ4v) is 3.85. The number of nitrogens with one attached hydrogen (secondary N) is 2. The van der Waals surface area contributed by atoms with E-state index in [9.17, 15) is 4.79 Å². The summed E-state index contributed by atoms with van der Waals surface area (Å²) in [6.07, 6.45) is 0. The van der Waals surface area contributed by atoms with Gasteiger partial charge >= 0.3 is 0 Å². The number of aromatic amines is 1. The van der Waals surface area contributed by atoms with Crippen molar-refractivity contribution in [1.29, 1.82) is 0 Å². The molecule has 0 aliphatic carbocycles. The quantitative estimate of drug-likeness (QED) is 0.427. The third-order valence-corrected chi connectivity index (χ3v) is 4.75. The van der Waals surface area contributed by atoms with Crippen LogP contribution < -0.4 is 10.2 Å². The zero-order valence-electron chi connectivity index (χ0n) is 13.6. The highest BCUT2D eigenvalue weighted by molar-refractivity contribution is 9.11. The van der Waals surface area contributed by atoms with Crippen molar-refractivity contribution in [2.75, 3.05) is 7.11 Å². The van der Waals surface area contributed by atoms with Crippen molar-refractivity contribution in [3.8, 4) is 5.75 Å². The number of benzene rings is 2. The highest BCUT2D eigenvalue weighted by atomic mass is 79.9. The number of nitrogens with zero attached hydrogens (tertiary/aromatic N) is 1. The molecule has 0 unspecified atom stereocenters. The van der Waals surface area contributed by atoms with Gasteiger partial charge in [0, 0.05) is 15.4 Å². The number of hydrogen-bond donors (Lipinski definition) is 2. The van der Waals surface area contributed by atoms with Gasteiger partial charge in [-0.1, -0.05) is 34.1 Å². The molecule has 1 amide bonds. The maximum Gasteiger partial charge on any atom is 0.275 e. The summed E-state index contributed by atoms with van der Waals surface area (Å²) in [5, 5.41) is 5.29. The maximum atomic E-state index is 12.5. The molecule has 2 N–H and O–H groups in total. The number of para-hydroxylation sites is 1. The molecular weight excluding hydrogens is 450 g/mol. The number of hydrazone groups is 1. The zero-order valence-corrected chi connectivity index (χ0v) is 16.7. The molecule has 0 fully saturated rings.